The highest BCUT2D eigenvalue weighted by Crippen LogP contribution is 2.30. The molecule has 0 saturated carbocycles. The van der Waals surface area contributed by atoms with Gasteiger partial charge in [-0.25, -0.2) is 12.4 Å². The van der Waals surface area contributed by atoms with Gasteiger partial charge in [-0.3, -0.25) is 4.79 Å². The van der Waals surface area contributed by atoms with Gasteiger partial charge in [-0.05, 0) is 53.8 Å². The smallest absolute Gasteiger partial charge is 0.305 e. The minimum absolute atomic E-state index is 0.0785. The number of fused-ring (bicyclic) bond motifs is 1. The predicted octanol–water partition coefficient (Wildman–Crippen LogP) is 4.93. The van der Waals surface area contributed by atoms with Gasteiger partial charge in [0.2, 0.25) is 0 Å². The molecule has 7 heteroatoms. The van der Waals surface area contributed by atoms with Crippen molar-refractivity contribution in [1.29, 1.82) is 0 Å². The maximum atomic E-state index is 13.5. The van der Waals surface area contributed by atoms with Crippen LogP contribution in [0.1, 0.15) is 38.4 Å². The first kappa shape index (κ1) is 21.4. The Labute approximate surface area is 176 Å². The standard InChI is InChI=1S/C22H24ClNO4S/c1-22(2,3)16-5-9-19(10-6-16)29(26,27)24-18(8-12-21(25)28-4)14-15-13-17(23)7-11-20(15)24/h5-7,9-11,13-14H,8,12H2,1-4H3. The van der Waals surface area contributed by atoms with E-state index in [9.17, 15) is 13.2 Å². The number of rotatable bonds is 5. The largest absolute Gasteiger partial charge is 0.469 e. The van der Waals surface area contributed by atoms with Gasteiger partial charge < -0.3 is 4.74 Å². The maximum absolute atomic E-state index is 13.5. The number of benzene rings is 2. The second-order valence-corrected chi connectivity index (χ2v) is 10.2. The van der Waals surface area contributed by atoms with Gasteiger partial charge in [0.05, 0.1) is 23.9 Å². The molecule has 1 aromatic heterocycles. The fourth-order valence-corrected chi connectivity index (χ4v) is 4.99. The van der Waals surface area contributed by atoms with E-state index in [0.717, 1.165) is 5.56 Å². The Morgan fingerprint density at radius 3 is 2.31 bits per heavy atom. The molecule has 0 amide bonds. The summed E-state index contributed by atoms with van der Waals surface area (Å²) < 4.78 is 33.0. The van der Waals surface area contributed by atoms with E-state index in [1.165, 1.54) is 11.1 Å². The van der Waals surface area contributed by atoms with Crippen LogP contribution in [0, 0.1) is 0 Å². The second-order valence-electron chi connectivity index (χ2n) is 7.96. The van der Waals surface area contributed by atoms with Gasteiger partial charge in [0, 0.05) is 16.1 Å². The lowest BCUT2D eigenvalue weighted by Crippen LogP contribution is -2.17. The number of hydrogen-bond acceptors (Lipinski definition) is 4. The summed E-state index contributed by atoms with van der Waals surface area (Å²) in [7, 11) is -2.55. The molecule has 3 aromatic rings. The van der Waals surface area contributed by atoms with Crippen molar-refractivity contribution in [2.24, 2.45) is 0 Å². The molecule has 0 atom stereocenters. The van der Waals surface area contributed by atoms with Crippen molar-refractivity contribution in [3.63, 3.8) is 0 Å². The minimum atomic E-state index is -3.86. The number of methoxy groups -OCH3 is 1. The average Bonchev–Trinajstić information content (AvgIpc) is 3.03. The summed E-state index contributed by atoms with van der Waals surface area (Å²) in [6.45, 7) is 6.22. The molecule has 5 nitrogen and oxygen atoms in total. The highest BCUT2D eigenvalue weighted by molar-refractivity contribution is 7.90. The summed E-state index contributed by atoms with van der Waals surface area (Å²) in [5, 5.41) is 1.22. The fourth-order valence-electron chi connectivity index (χ4n) is 3.24. The quantitative estimate of drug-likeness (QED) is 0.535. The van der Waals surface area contributed by atoms with Gasteiger partial charge in [-0.15, -0.1) is 0 Å². The Hall–Kier alpha value is -2.31. The lowest BCUT2D eigenvalue weighted by atomic mass is 9.87. The molecule has 0 radical (unpaired) electrons. The van der Waals surface area contributed by atoms with Crippen LogP contribution in [0.5, 0.6) is 0 Å². The van der Waals surface area contributed by atoms with Crippen LogP contribution in [0.3, 0.4) is 0 Å². The monoisotopic (exact) mass is 433 g/mol. The van der Waals surface area contributed by atoms with E-state index in [2.05, 4.69) is 20.8 Å². The summed E-state index contributed by atoms with van der Waals surface area (Å²) in [6.07, 6.45) is 0.317. The number of hydrogen-bond donors (Lipinski definition) is 0. The lowest BCUT2D eigenvalue weighted by Gasteiger charge is -2.19. The van der Waals surface area contributed by atoms with Gasteiger partial charge in [0.25, 0.3) is 10.0 Å². The molecule has 0 bridgehead atoms. The summed E-state index contributed by atoms with van der Waals surface area (Å²) in [5.74, 6) is -0.397. The maximum Gasteiger partial charge on any atom is 0.305 e. The van der Waals surface area contributed by atoms with Crippen LogP contribution in [0.25, 0.3) is 10.9 Å². The van der Waals surface area contributed by atoms with Crippen LogP contribution >= 0.6 is 11.6 Å². The van der Waals surface area contributed by atoms with Crippen molar-refractivity contribution in [3.8, 4) is 0 Å². The van der Waals surface area contributed by atoms with Crippen molar-refractivity contribution in [3.05, 3.63) is 64.8 Å². The van der Waals surface area contributed by atoms with Gasteiger partial charge in [-0.2, -0.15) is 0 Å². The van der Waals surface area contributed by atoms with Crippen molar-refractivity contribution in [2.45, 2.75) is 43.9 Å². The molecule has 0 spiro atoms. The average molecular weight is 434 g/mol. The van der Waals surface area contributed by atoms with Crippen LogP contribution in [0.15, 0.2) is 53.4 Å². The zero-order valence-corrected chi connectivity index (χ0v) is 18.5. The van der Waals surface area contributed by atoms with Crippen molar-refractivity contribution in [2.75, 3.05) is 7.11 Å². The van der Waals surface area contributed by atoms with E-state index in [-0.39, 0.29) is 23.2 Å². The molecular weight excluding hydrogens is 410 g/mol. The normalized spacial score (nSPS) is 12.3. The number of ether oxygens (including phenoxy) is 1. The van der Waals surface area contributed by atoms with Crippen LogP contribution in [-0.4, -0.2) is 25.5 Å². The molecule has 0 N–H and O–H groups in total. The lowest BCUT2D eigenvalue weighted by molar-refractivity contribution is -0.140. The number of carbonyl (C=O) groups excluding carboxylic acids is 1. The molecule has 0 unspecified atom stereocenters. The number of nitrogens with zero attached hydrogens (tertiary/aromatic N) is 1. The zero-order valence-electron chi connectivity index (χ0n) is 16.9. The van der Waals surface area contributed by atoms with E-state index >= 15 is 0 Å². The molecule has 0 saturated heterocycles. The number of aromatic nitrogens is 1. The Bertz CT molecular complexity index is 1160. The summed E-state index contributed by atoms with van der Waals surface area (Å²) in [4.78, 5) is 11.8. The van der Waals surface area contributed by atoms with Gasteiger partial charge in [0.1, 0.15) is 0 Å². The van der Waals surface area contributed by atoms with E-state index in [1.54, 1.807) is 36.4 Å². The Balaban J connectivity index is 2.14. The van der Waals surface area contributed by atoms with Crippen LogP contribution in [0.2, 0.25) is 5.02 Å². The van der Waals surface area contributed by atoms with Gasteiger partial charge >= 0.3 is 5.97 Å². The molecular formula is C22H24ClNO4S. The summed E-state index contributed by atoms with van der Waals surface area (Å²) in [5.41, 5.74) is 2.00. The van der Waals surface area contributed by atoms with Gasteiger partial charge in [0.15, 0.2) is 0 Å². The molecule has 29 heavy (non-hydrogen) atoms. The SMILES string of the molecule is COC(=O)CCc1cc2cc(Cl)ccc2n1S(=O)(=O)c1ccc(C(C)(C)C)cc1. The first-order chi connectivity index (χ1) is 13.5. The van der Waals surface area contributed by atoms with Crippen molar-refractivity contribution >= 4 is 38.5 Å². The van der Waals surface area contributed by atoms with Crippen LogP contribution < -0.4 is 0 Å². The molecule has 0 fully saturated rings. The second kappa shape index (κ2) is 7.84. The molecule has 0 aliphatic heterocycles. The van der Waals surface area contributed by atoms with Crippen molar-refractivity contribution < 1.29 is 17.9 Å². The third kappa shape index (κ3) is 4.33. The number of carbonyl (C=O) groups is 1. The van der Waals surface area contributed by atoms with Gasteiger partial charge in [-0.1, -0.05) is 44.5 Å². The van der Waals surface area contributed by atoms with E-state index < -0.39 is 16.0 Å². The molecule has 1 heterocycles. The Morgan fingerprint density at radius 1 is 1.07 bits per heavy atom. The Kier molecular flexibility index (Phi) is 5.79. The van der Waals surface area contributed by atoms with Crippen molar-refractivity contribution in [1.82, 2.24) is 3.97 Å². The molecule has 2 aromatic carbocycles. The van der Waals surface area contributed by atoms with E-state index in [0.29, 0.717) is 21.6 Å². The molecule has 3 rings (SSSR count). The third-order valence-electron chi connectivity index (χ3n) is 4.86. The first-order valence-electron chi connectivity index (χ1n) is 9.27. The topological polar surface area (TPSA) is 65.4 Å². The van der Waals surface area contributed by atoms with E-state index in [4.69, 9.17) is 16.3 Å². The summed E-state index contributed by atoms with van der Waals surface area (Å²) in [6, 6.07) is 13.7. The van der Waals surface area contributed by atoms with E-state index in [1.807, 2.05) is 12.1 Å². The Morgan fingerprint density at radius 2 is 1.72 bits per heavy atom. The minimum Gasteiger partial charge on any atom is -0.469 e. The first-order valence-corrected chi connectivity index (χ1v) is 11.1. The van der Waals surface area contributed by atoms with Crippen LogP contribution in [-0.2, 0) is 31.4 Å². The highest BCUT2D eigenvalue weighted by Gasteiger charge is 2.24. The highest BCUT2D eigenvalue weighted by atomic mass is 35.5. The number of esters is 1. The fraction of sp³-hybridized carbons (Fsp3) is 0.318. The third-order valence-corrected chi connectivity index (χ3v) is 6.88. The zero-order chi connectivity index (χ0) is 21.4. The number of halogens is 1. The molecule has 0 aliphatic carbocycles. The predicted molar refractivity (Wildman–Crippen MR) is 115 cm³/mol. The summed E-state index contributed by atoms with van der Waals surface area (Å²) >= 11 is 6.09. The molecule has 0 aliphatic rings. The number of aryl methyl sites for hydroxylation is 1. The molecule has 154 valence electrons. The van der Waals surface area contributed by atoms with Crippen LogP contribution in [0.4, 0.5) is 0 Å².